The number of carbonyl (C=O) groups excluding carboxylic acids is 1. The van der Waals surface area contributed by atoms with Crippen LogP contribution in [0.1, 0.15) is 19.3 Å². The van der Waals surface area contributed by atoms with E-state index < -0.39 is 41.2 Å². The highest BCUT2D eigenvalue weighted by molar-refractivity contribution is 5.84. The summed E-state index contributed by atoms with van der Waals surface area (Å²) >= 11 is 0. The molecule has 1 unspecified atom stereocenters. The van der Waals surface area contributed by atoms with E-state index in [1.54, 1.807) is 0 Å². The van der Waals surface area contributed by atoms with Crippen LogP contribution >= 0.6 is 0 Å². The minimum atomic E-state index is -1.75. The van der Waals surface area contributed by atoms with Gasteiger partial charge in [-0.3, -0.25) is 4.79 Å². The van der Waals surface area contributed by atoms with Gasteiger partial charge in [-0.2, -0.15) is 22.5 Å². The number of primary amides is 1. The molecule has 1 amide bonds. The average Bonchev–Trinajstić information content (AvgIpc) is 2.37. The molecule has 1 aromatic rings. The van der Waals surface area contributed by atoms with Crippen molar-refractivity contribution in [1.29, 1.82) is 0 Å². The maximum Gasteiger partial charge on any atom is 0.253 e. The Kier molecular flexibility index (Phi) is 3.59. The van der Waals surface area contributed by atoms with E-state index in [0.29, 0.717) is 12.8 Å². The highest BCUT2D eigenvalue weighted by Crippen LogP contribution is 2.31. The van der Waals surface area contributed by atoms with Crippen LogP contribution in [0.15, 0.2) is 0 Å². The highest BCUT2D eigenvalue weighted by atomic mass is 19.2. The molecule has 0 bridgehead atoms. The Labute approximate surface area is 106 Å². The van der Waals surface area contributed by atoms with Crippen LogP contribution in [0.5, 0.6) is 0 Å². The quantitative estimate of drug-likeness (QED) is 0.658. The first kappa shape index (κ1) is 13.6. The lowest BCUT2D eigenvalue weighted by Gasteiger charge is -2.35. The van der Waals surface area contributed by atoms with Crippen LogP contribution in [-0.2, 0) is 4.79 Å². The Morgan fingerprint density at radius 1 is 1.16 bits per heavy atom. The lowest BCUT2D eigenvalue weighted by molar-refractivity contribution is -0.119. The van der Waals surface area contributed by atoms with E-state index >= 15 is 0 Å². The molecule has 2 rings (SSSR count). The maximum atomic E-state index is 13.6. The number of carbonyl (C=O) groups is 1. The average molecular weight is 277 g/mol. The summed E-state index contributed by atoms with van der Waals surface area (Å²) in [6.45, 7) is 0.0876. The topological polar surface area (TPSA) is 59.2 Å². The van der Waals surface area contributed by atoms with Crippen LogP contribution in [-0.4, -0.2) is 23.5 Å². The van der Waals surface area contributed by atoms with Crippen molar-refractivity contribution in [3.8, 4) is 0 Å². The molecule has 0 spiro atoms. The van der Waals surface area contributed by atoms with Gasteiger partial charge in [0.1, 0.15) is 11.7 Å². The van der Waals surface area contributed by atoms with Gasteiger partial charge in [0.25, 0.3) is 11.9 Å². The summed E-state index contributed by atoms with van der Waals surface area (Å²) in [6, 6.07) is -0.987. The minimum absolute atomic E-state index is 0.0876. The molecular weight excluding hydrogens is 266 g/mol. The van der Waals surface area contributed by atoms with Crippen molar-refractivity contribution in [2.24, 2.45) is 5.73 Å². The molecule has 2 heterocycles. The van der Waals surface area contributed by atoms with Crippen LogP contribution in [0.4, 0.5) is 23.2 Å². The molecule has 1 aromatic heterocycles. The van der Waals surface area contributed by atoms with E-state index in [1.807, 2.05) is 0 Å². The molecule has 0 aromatic carbocycles. The molecule has 1 fully saturated rings. The fourth-order valence-electron chi connectivity index (χ4n) is 2.22. The second kappa shape index (κ2) is 5.02. The zero-order chi connectivity index (χ0) is 14.2. The number of rotatable bonds is 2. The Morgan fingerprint density at radius 2 is 1.74 bits per heavy atom. The first-order valence-corrected chi connectivity index (χ1v) is 5.69. The minimum Gasteiger partial charge on any atom is -0.368 e. The molecule has 104 valence electrons. The molecule has 8 heteroatoms. The molecular formula is C11H11F4N3O. The molecule has 0 aliphatic carbocycles. The largest absolute Gasteiger partial charge is 0.368 e. The number of pyridine rings is 1. The predicted octanol–water partition coefficient (Wildman–Crippen LogP) is 1.48. The fraction of sp³-hybridized carbons (Fsp3) is 0.455. The number of halogens is 4. The number of amides is 1. The lowest BCUT2D eigenvalue weighted by atomic mass is 10.0. The van der Waals surface area contributed by atoms with Crippen molar-refractivity contribution in [1.82, 2.24) is 4.98 Å². The van der Waals surface area contributed by atoms with E-state index in [-0.39, 0.29) is 13.0 Å². The normalized spacial score (nSPS) is 19.6. The summed E-state index contributed by atoms with van der Waals surface area (Å²) in [7, 11) is 0. The molecule has 2 N–H and O–H groups in total. The lowest BCUT2D eigenvalue weighted by Crippen LogP contribution is -2.48. The maximum absolute atomic E-state index is 13.6. The Balaban J connectivity index is 2.53. The molecule has 0 saturated carbocycles. The Hall–Kier alpha value is -1.86. The number of anilines is 1. The van der Waals surface area contributed by atoms with Crippen LogP contribution in [0.25, 0.3) is 0 Å². The molecule has 1 saturated heterocycles. The Bertz CT molecular complexity index is 497. The first-order valence-electron chi connectivity index (χ1n) is 5.69. The Morgan fingerprint density at radius 3 is 2.26 bits per heavy atom. The molecule has 1 aliphatic heterocycles. The summed E-state index contributed by atoms with van der Waals surface area (Å²) in [6.07, 6.45) is 1.46. The van der Waals surface area contributed by atoms with Gasteiger partial charge in [0.15, 0.2) is 0 Å². The van der Waals surface area contributed by atoms with Gasteiger partial charge < -0.3 is 10.6 Å². The van der Waals surface area contributed by atoms with Gasteiger partial charge >= 0.3 is 0 Å². The van der Waals surface area contributed by atoms with Crippen LogP contribution in [0.2, 0.25) is 0 Å². The summed E-state index contributed by atoms with van der Waals surface area (Å²) < 4.78 is 53.4. The van der Waals surface area contributed by atoms with E-state index in [2.05, 4.69) is 4.98 Å². The molecule has 19 heavy (non-hydrogen) atoms. The number of hydrogen-bond acceptors (Lipinski definition) is 3. The number of hydrogen-bond donors (Lipinski definition) is 1. The van der Waals surface area contributed by atoms with E-state index in [0.717, 1.165) is 4.90 Å². The fourth-order valence-corrected chi connectivity index (χ4v) is 2.22. The third kappa shape index (κ3) is 2.34. The van der Waals surface area contributed by atoms with Gasteiger partial charge in [0.2, 0.25) is 17.5 Å². The summed E-state index contributed by atoms with van der Waals surface area (Å²) in [5.74, 6) is -7.53. The number of nitrogens with zero attached hydrogens (tertiary/aromatic N) is 2. The predicted molar refractivity (Wildman–Crippen MR) is 58.2 cm³/mol. The number of nitrogens with two attached hydrogens (primary N) is 1. The standard InChI is InChI=1S/C11H11F4N3O/c12-6-8(7(13)10(15)17-9(6)14)18-4-2-1-3-5(18)11(16)19/h5H,1-4H2,(H2,16,19). The van der Waals surface area contributed by atoms with Gasteiger partial charge in [0.05, 0.1) is 0 Å². The summed E-state index contributed by atoms with van der Waals surface area (Å²) in [4.78, 5) is 14.7. The van der Waals surface area contributed by atoms with E-state index in [4.69, 9.17) is 5.73 Å². The molecule has 1 atom stereocenters. The van der Waals surface area contributed by atoms with Crippen LogP contribution < -0.4 is 10.6 Å². The SMILES string of the molecule is NC(=O)C1CCCCN1c1c(F)c(F)nc(F)c1F. The van der Waals surface area contributed by atoms with Gasteiger partial charge in [-0.15, -0.1) is 0 Å². The van der Waals surface area contributed by atoms with Crippen molar-refractivity contribution in [3.63, 3.8) is 0 Å². The second-order valence-corrected chi connectivity index (χ2v) is 4.28. The van der Waals surface area contributed by atoms with Crippen molar-refractivity contribution < 1.29 is 22.4 Å². The smallest absolute Gasteiger partial charge is 0.253 e. The third-order valence-corrected chi connectivity index (χ3v) is 3.09. The molecule has 4 nitrogen and oxygen atoms in total. The van der Waals surface area contributed by atoms with E-state index in [1.165, 1.54) is 0 Å². The van der Waals surface area contributed by atoms with Crippen LogP contribution in [0.3, 0.4) is 0 Å². The number of piperidine rings is 1. The second-order valence-electron chi connectivity index (χ2n) is 4.28. The summed E-state index contributed by atoms with van der Waals surface area (Å²) in [5, 5.41) is 0. The zero-order valence-electron chi connectivity index (χ0n) is 9.80. The van der Waals surface area contributed by atoms with Gasteiger partial charge in [-0.1, -0.05) is 0 Å². The van der Waals surface area contributed by atoms with Gasteiger partial charge in [-0.25, -0.2) is 0 Å². The van der Waals surface area contributed by atoms with Crippen molar-refractivity contribution in [2.75, 3.05) is 11.4 Å². The molecule has 1 aliphatic rings. The van der Waals surface area contributed by atoms with E-state index in [9.17, 15) is 22.4 Å². The first-order chi connectivity index (χ1) is 8.93. The van der Waals surface area contributed by atoms with Crippen molar-refractivity contribution in [3.05, 3.63) is 23.5 Å². The zero-order valence-corrected chi connectivity index (χ0v) is 9.80. The van der Waals surface area contributed by atoms with Crippen molar-refractivity contribution >= 4 is 11.6 Å². The third-order valence-electron chi connectivity index (χ3n) is 3.09. The monoisotopic (exact) mass is 277 g/mol. The van der Waals surface area contributed by atoms with Crippen LogP contribution in [0, 0.1) is 23.5 Å². The molecule has 0 radical (unpaired) electrons. The summed E-state index contributed by atoms with van der Waals surface area (Å²) in [5.41, 5.74) is 4.22. The van der Waals surface area contributed by atoms with Gasteiger partial charge in [-0.05, 0) is 19.3 Å². The van der Waals surface area contributed by atoms with Crippen molar-refractivity contribution in [2.45, 2.75) is 25.3 Å². The number of aromatic nitrogens is 1. The van der Waals surface area contributed by atoms with Gasteiger partial charge in [0, 0.05) is 6.54 Å². The highest BCUT2D eigenvalue weighted by Gasteiger charge is 2.33.